The van der Waals surface area contributed by atoms with E-state index in [0.29, 0.717) is 35.9 Å². The van der Waals surface area contributed by atoms with E-state index in [1.54, 1.807) is 38.5 Å². The third-order valence-corrected chi connectivity index (χ3v) is 4.71. The number of hydrogen-bond donors (Lipinski definition) is 2. The van der Waals surface area contributed by atoms with Crippen LogP contribution in [0.5, 0.6) is 23.0 Å². The number of anilines is 1. The maximum absolute atomic E-state index is 12.4. The predicted molar refractivity (Wildman–Crippen MR) is 127 cm³/mol. The van der Waals surface area contributed by atoms with Gasteiger partial charge in [-0.15, -0.1) is 0 Å². The summed E-state index contributed by atoms with van der Waals surface area (Å²) in [6.45, 7) is 0.541. The van der Waals surface area contributed by atoms with Crippen LogP contribution in [0.25, 0.3) is 0 Å². The summed E-state index contributed by atoms with van der Waals surface area (Å²) in [5.74, 6) is 2.20. The summed E-state index contributed by atoms with van der Waals surface area (Å²) in [7, 11) is 3.18. The molecule has 2 N–H and O–H groups in total. The van der Waals surface area contributed by atoms with Gasteiger partial charge >= 0.3 is 0 Å². The molecule has 0 aliphatic carbocycles. The number of hydrogen-bond acceptors (Lipinski definition) is 6. The van der Waals surface area contributed by atoms with Crippen LogP contribution in [0.4, 0.5) is 5.69 Å². The average molecular weight is 444 g/mol. The molecule has 0 bridgehead atoms. The molecule has 0 radical (unpaired) electrons. The number of rotatable bonds is 10. The number of nitriles is 1. The molecule has 0 aliphatic heterocycles. The standard InChI is InChI=1S/C26H25N3O4/c1-31-24-13-8-19(16-25(24)32-2)14-15-28-18-20(17-27)26(30)29-21-9-11-23(12-10-21)33-22-6-4-3-5-7-22/h3-13,16,18,28H,14-15H2,1-2H3,(H,29,30)/b20-18-. The van der Waals surface area contributed by atoms with Gasteiger partial charge in [0.05, 0.1) is 14.2 Å². The molecule has 1 amide bonds. The lowest BCUT2D eigenvalue weighted by atomic mass is 10.1. The van der Waals surface area contributed by atoms with Crippen molar-refractivity contribution in [1.29, 1.82) is 5.26 Å². The molecule has 0 aliphatic rings. The van der Waals surface area contributed by atoms with E-state index in [1.807, 2.05) is 54.6 Å². The van der Waals surface area contributed by atoms with Crippen molar-refractivity contribution in [2.45, 2.75) is 6.42 Å². The highest BCUT2D eigenvalue weighted by Gasteiger charge is 2.10. The van der Waals surface area contributed by atoms with E-state index < -0.39 is 5.91 Å². The zero-order chi connectivity index (χ0) is 23.5. The zero-order valence-electron chi connectivity index (χ0n) is 18.5. The summed E-state index contributed by atoms with van der Waals surface area (Å²) in [5.41, 5.74) is 1.58. The number of carbonyl (C=O) groups is 1. The van der Waals surface area contributed by atoms with E-state index in [2.05, 4.69) is 10.6 Å². The molecular weight excluding hydrogens is 418 g/mol. The van der Waals surface area contributed by atoms with Crippen molar-refractivity contribution in [2.24, 2.45) is 0 Å². The highest BCUT2D eigenvalue weighted by Crippen LogP contribution is 2.27. The van der Waals surface area contributed by atoms with Gasteiger partial charge in [-0.1, -0.05) is 24.3 Å². The Hall–Kier alpha value is -4.44. The first-order valence-corrected chi connectivity index (χ1v) is 10.3. The largest absolute Gasteiger partial charge is 0.493 e. The Bertz CT molecular complexity index is 1140. The molecule has 7 nitrogen and oxygen atoms in total. The zero-order valence-corrected chi connectivity index (χ0v) is 18.5. The minimum absolute atomic E-state index is 0.0214. The van der Waals surface area contributed by atoms with Crippen LogP contribution >= 0.6 is 0 Å². The summed E-state index contributed by atoms with van der Waals surface area (Å²) in [4.78, 5) is 12.4. The number of benzene rings is 3. The van der Waals surface area contributed by atoms with Crippen LogP contribution in [0.2, 0.25) is 0 Å². The van der Waals surface area contributed by atoms with E-state index in [1.165, 1.54) is 6.20 Å². The van der Waals surface area contributed by atoms with Crippen LogP contribution in [0.15, 0.2) is 84.6 Å². The first-order valence-electron chi connectivity index (χ1n) is 10.3. The number of ether oxygens (including phenoxy) is 3. The highest BCUT2D eigenvalue weighted by molar-refractivity contribution is 6.06. The molecule has 0 fully saturated rings. The average Bonchev–Trinajstić information content (AvgIpc) is 2.85. The van der Waals surface area contributed by atoms with Crippen molar-refractivity contribution in [3.8, 4) is 29.1 Å². The van der Waals surface area contributed by atoms with E-state index in [0.717, 1.165) is 11.3 Å². The van der Waals surface area contributed by atoms with Gasteiger partial charge in [-0.25, -0.2) is 0 Å². The second-order valence-electron chi connectivity index (χ2n) is 6.96. The fourth-order valence-corrected chi connectivity index (χ4v) is 3.00. The van der Waals surface area contributed by atoms with Gasteiger partial charge < -0.3 is 24.8 Å². The summed E-state index contributed by atoms with van der Waals surface area (Å²) >= 11 is 0. The smallest absolute Gasteiger partial charge is 0.267 e. The van der Waals surface area contributed by atoms with Crippen LogP contribution in [-0.4, -0.2) is 26.7 Å². The van der Waals surface area contributed by atoms with Crippen LogP contribution in [-0.2, 0) is 11.2 Å². The van der Waals surface area contributed by atoms with Gasteiger partial charge in [0, 0.05) is 18.4 Å². The van der Waals surface area contributed by atoms with Crippen LogP contribution in [0, 0.1) is 11.3 Å². The molecule has 3 aromatic carbocycles. The van der Waals surface area contributed by atoms with Crippen molar-refractivity contribution in [3.63, 3.8) is 0 Å². The monoisotopic (exact) mass is 443 g/mol. The van der Waals surface area contributed by atoms with Crippen molar-refractivity contribution < 1.29 is 19.0 Å². The third kappa shape index (κ3) is 6.77. The number of nitrogens with one attached hydrogen (secondary N) is 2. The Morgan fingerprint density at radius 2 is 1.64 bits per heavy atom. The molecule has 7 heteroatoms. The second kappa shape index (κ2) is 11.8. The van der Waals surface area contributed by atoms with Crippen molar-refractivity contribution in [2.75, 3.05) is 26.1 Å². The van der Waals surface area contributed by atoms with Gasteiger partial charge in [0.15, 0.2) is 11.5 Å². The molecular formula is C26H25N3O4. The van der Waals surface area contributed by atoms with Crippen molar-refractivity contribution >= 4 is 11.6 Å². The highest BCUT2D eigenvalue weighted by atomic mass is 16.5. The Morgan fingerprint density at radius 1 is 0.939 bits per heavy atom. The van der Waals surface area contributed by atoms with Crippen LogP contribution < -0.4 is 24.8 Å². The van der Waals surface area contributed by atoms with E-state index in [-0.39, 0.29) is 5.57 Å². The first-order chi connectivity index (χ1) is 16.1. The van der Waals surface area contributed by atoms with E-state index in [9.17, 15) is 10.1 Å². The Balaban J connectivity index is 1.51. The molecule has 3 aromatic rings. The SMILES string of the molecule is COc1ccc(CCN/C=C(/C#N)C(=O)Nc2ccc(Oc3ccccc3)cc2)cc1OC. The normalized spacial score (nSPS) is 10.6. The topological polar surface area (TPSA) is 92.6 Å². The quantitative estimate of drug-likeness (QED) is 0.269. The first kappa shape index (κ1) is 23.2. The number of nitrogens with zero attached hydrogens (tertiary/aromatic N) is 1. The third-order valence-electron chi connectivity index (χ3n) is 4.71. The van der Waals surface area contributed by atoms with Gasteiger partial charge in [0.1, 0.15) is 23.1 Å². The summed E-state index contributed by atoms with van der Waals surface area (Å²) in [5, 5.41) is 15.1. The van der Waals surface area contributed by atoms with Gasteiger partial charge in [-0.2, -0.15) is 5.26 Å². The maximum atomic E-state index is 12.4. The molecule has 33 heavy (non-hydrogen) atoms. The van der Waals surface area contributed by atoms with Gasteiger partial charge in [-0.3, -0.25) is 4.79 Å². The number of amides is 1. The van der Waals surface area contributed by atoms with E-state index in [4.69, 9.17) is 14.2 Å². The molecule has 3 rings (SSSR count). The lowest BCUT2D eigenvalue weighted by Crippen LogP contribution is -2.18. The van der Waals surface area contributed by atoms with Crippen molar-refractivity contribution in [3.05, 3.63) is 90.1 Å². The molecule has 0 spiro atoms. The minimum atomic E-state index is -0.493. The molecule has 0 heterocycles. The van der Waals surface area contributed by atoms with Gasteiger partial charge in [0.2, 0.25) is 0 Å². The summed E-state index contributed by atoms with van der Waals surface area (Å²) in [6.07, 6.45) is 2.10. The number of methoxy groups -OCH3 is 2. The molecule has 0 atom stereocenters. The van der Waals surface area contributed by atoms with Crippen LogP contribution in [0.3, 0.4) is 0 Å². The molecule has 0 saturated carbocycles. The summed E-state index contributed by atoms with van der Waals surface area (Å²) < 4.78 is 16.3. The van der Waals surface area contributed by atoms with Gasteiger partial charge in [-0.05, 0) is 60.5 Å². The molecule has 0 saturated heterocycles. The van der Waals surface area contributed by atoms with Crippen LogP contribution in [0.1, 0.15) is 5.56 Å². The fourth-order valence-electron chi connectivity index (χ4n) is 3.00. The Labute approximate surface area is 193 Å². The molecule has 0 unspecified atom stereocenters. The van der Waals surface area contributed by atoms with E-state index >= 15 is 0 Å². The van der Waals surface area contributed by atoms with Crippen molar-refractivity contribution in [1.82, 2.24) is 5.32 Å². The second-order valence-corrected chi connectivity index (χ2v) is 6.96. The maximum Gasteiger partial charge on any atom is 0.267 e. The molecule has 168 valence electrons. The molecule has 0 aromatic heterocycles. The minimum Gasteiger partial charge on any atom is -0.493 e. The number of para-hydroxylation sites is 1. The summed E-state index contributed by atoms with van der Waals surface area (Å²) in [6, 6.07) is 23.9. The fraction of sp³-hybridized carbons (Fsp3) is 0.154. The lowest BCUT2D eigenvalue weighted by Gasteiger charge is -2.10. The lowest BCUT2D eigenvalue weighted by molar-refractivity contribution is -0.112. The Kier molecular flexibility index (Phi) is 8.32. The van der Waals surface area contributed by atoms with Gasteiger partial charge in [0.25, 0.3) is 5.91 Å². The number of carbonyl (C=O) groups excluding carboxylic acids is 1. The predicted octanol–water partition coefficient (Wildman–Crippen LogP) is 4.67. The Morgan fingerprint density at radius 3 is 2.30 bits per heavy atom.